The summed E-state index contributed by atoms with van der Waals surface area (Å²) in [6, 6.07) is 0.436. The van der Waals surface area contributed by atoms with E-state index >= 15 is 0 Å². The second kappa shape index (κ2) is 5.85. The van der Waals surface area contributed by atoms with Crippen LogP contribution in [-0.4, -0.2) is 53.3 Å². The summed E-state index contributed by atoms with van der Waals surface area (Å²) in [6.45, 7) is 3.74. The molecule has 1 unspecified atom stereocenters. The number of H-pyrrole nitrogens is 1. The molecule has 1 aliphatic rings. The van der Waals surface area contributed by atoms with Crippen molar-refractivity contribution in [3.05, 3.63) is 6.33 Å². The molecule has 0 amide bonds. The maximum atomic E-state index is 5.27. The predicted octanol–water partition coefficient (Wildman–Crippen LogP) is 1.65. The van der Waals surface area contributed by atoms with E-state index in [9.17, 15) is 0 Å². The standard InChI is InChI=1S/C14H22N6O/c1-9(10-4-5-10)20(6-7-21-3)13-11-12(17-8-16-11)18-14(15-2)19-13/h8-10H,4-7H2,1-3H3,(H2,15,16,17,18,19). The number of fused-ring (bicyclic) bond motifs is 1. The molecule has 0 saturated heterocycles. The predicted molar refractivity (Wildman–Crippen MR) is 82.6 cm³/mol. The van der Waals surface area contributed by atoms with Gasteiger partial charge in [-0.05, 0) is 25.7 Å². The average molecular weight is 290 g/mol. The zero-order valence-electron chi connectivity index (χ0n) is 12.8. The van der Waals surface area contributed by atoms with Crippen LogP contribution in [0.4, 0.5) is 11.8 Å². The first-order chi connectivity index (χ1) is 10.2. The van der Waals surface area contributed by atoms with E-state index in [1.165, 1.54) is 12.8 Å². The Kier molecular flexibility index (Phi) is 3.92. The van der Waals surface area contributed by atoms with Gasteiger partial charge in [0.15, 0.2) is 11.5 Å². The molecule has 21 heavy (non-hydrogen) atoms. The first-order valence-electron chi connectivity index (χ1n) is 7.39. The van der Waals surface area contributed by atoms with Gasteiger partial charge in [-0.1, -0.05) is 0 Å². The molecule has 7 heteroatoms. The zero-order valence-corrected chi connectivity index (χ0v) is 12.8. The summed E-state index contributed by atoms with van der Waals surface area (Å²) in [5, 5.41) is 3.01. The average Bonchev–Trinajstić information content (AvgIpc) is 3.24. The summed E-state index contributed by atoms with van der Waals surface area (Å²) in [4.78, 5) is 18.8. The number of methoxy groups -OCH3 is 1. The number of anilines is 2. The fraction of sp³-hybridized carbons (Fsp3) is 0.643. The van der Waals surface area contributed by atoms with Crippen molar-refractivity contribution in [3.63, 3.8) is 0 Å². The second-order valence-corrected chi connectivity index (χ2v) is 5.49. The Bertz CT molecular complexity index is 609. The van der Waals surface area contributed by atoms with Gasteiger partial charge in [0.2, 0.25) is 5.95 Å². The third-order valence-corrected chi connectivity index (χ3v) is 4.09. The number of rotatable bonds is 7. The van der Waals surface area contributed by atoms with Gasteiger partial charge in [-0.25, -0.2) is 4.98 Å². The van der Waals surface area contributed by atoms with Crippen molar-refractivity contribution in [3.8, 4) is 0 Å². The van der Waals surface area contributed by atoms with Crippen molar-refractivity contribution in [2.24, 2.45) is 5.92 Å². The highest BCUT2D eigenvalue weighted by Crippen LogP contribution is 2.37. The van der Waals surface area contributed by atoms with Gasteiger partial charge in [0, 0.05) is 26.7 Å². The van der Waals surface area contributed by atoms with E-state index < -0.39 is 0 Å². The Morgan fingerprint density at radius 2 is 2.29 bits per heavy atom. The summed E-state index contributed by atoms with van der Waals surface area (Å²) in [7, 11) is 3.55. The minimum Gasteiger partial charge on any atom is -0.383 e. The van der Waals surface area contributed by atoms with Gasteiger partial charge in [-0.3, -0.25) is 0 Å². The normalized spacial score (nSPS) is 16.1. The Morgan fingerprint density at radius 1 is 1.48 bits per heavy atom. The lowest BCUT2D eigenvalue weighted by atomic mass is 10.2. The molecule has 2 aromatic rings. The van der Waals surface area contributed by atoms with Crippen LogP contribution in [-0.2, 0) is 4.74 Å². The SMILES string of the molecule is CNc1nc(N(CCOC)C(C)C2CC2)c2[nH]cnc2n1. The quantitative estimate of drug-likeness (QED) is 0.807. The van der Waals surface area contributed by atoms with Gasteiger partial charge in [0.25, 0.3) is 0 Å². The summed E-state index contributed by atoms with van der Waals surface area (Å²) >= 11 is 0. The van der Waals surface area contributed by atoms with Crippen molar-refractivity contribution in [2.45, 2.75) is 25.8 Å². The maximum Gasteiger partial charge on any atom is 0.226 e. The molecule has 0 bridgehead atoms. The topological polar surface area (TPSA) is 79.0 Å². The molecule has 2 N–H and O–H groups in total. The number of nitrogens with one attached hydrogen (secondary N) is 2. The molecule has 7 nitrogen and oxygen atoms in total. The summed E-state index contributed by atoms with van der Waals surface area (Å²) in [6.07, 6.45) is 4.25. The number of imidazole rings is 1. The van der Waals surface area contributed by atoms with Crippen LogP contribution >= 0.6 is 0 Å². The molecule has 2 aromatic heterocycles. The van der Waals surface area contributed by atoms with Gasteiger partial charge >= 0.3 is 0 Å². The van der Waals surface area contributed by atoms with Crippen LogP contribution < -0.4 is 10.2 Å². The summed E-state index contributed by atoms with van der Waals surface area (Å²) in [5.41, 5.74) is 1.58. The molecular formula is C14H22N6O. The number of nitrogens with zero attached hydrogens (tertiary/aromatic N) is 4. The number of ether oxygens (including phenoxy) is 1. The molecule has 0 aliphatic heterocycles. The summed E-state index contributed by atoms with van der Waals surface area (Å²) in [5.74, 6) is 2.24. The lowest BCUT2D eigenvalue weighted by Gasteiger charge is -2.30. The third-order valence-electron chi connectivity index (χ3n) is 4.09. The van der Waals surface area contributed by atoms with E-state index in [1.54, 1.807) is 13.4 Å². The van der Waals surface area contributed by atoms with E-state index in [2.05, 4.69) is 37.1 Å². The van der Waals surface area contributed by atoms with Crippen LogP contribution in [0.15, 0.2) is 6.33 Å². The number of hydrogen-bond acceptors (Lipinski definition) is 6. The number of aromatic amines is 1. The van der Waals surface area contributed by atoms with Crippen LogP contribution in [0, 0.1) is 5.92 Å². The smallest absolute Gasteiger partial charge is 0.226 e. The molecule has 1 aliphatic carbocycles. The molecule has 0 aromatic carbocycles. The van der Waals surface area contributed by atoms with Crippen LogP contribution in [0.5, 0.6) is 0 Å². The van der Waals surface area contributed by atoms with Gasteiger partial charge in [0.05, 0.1) is 12.9 Å². The minimum atomic E-state index is 0.436. The molecular weight excluding hydrogens is 268 g/mol. The van der Waals surface area contributed by atoms with Crippen LogP contribution in [0.2, 0.25) is 0 Å². The van der Waals surface area contributed by atoms with Crippen LogP contribution in [0.1, 0.15) is 19.8 Å². The lowest BCUT2D eigenvalue weighted by Crippen LogP contribution is -2.38. The molecule has 2 heterocycles. The zero-order chi connectivity index (χ0) is 14.8. The first kappa shape index (κ1) is 14.1. The Labute approximate surface area is 124 Å². The Hall–Kier alpha value is -1.89. The first-order valence-corrected chi connectivity index (χ1v) is 7.39. The largest absolute Gasteiger partial charge is 0.383 e. The van der Waals surface area contributed by atoms with Crippen molar-refractivity contribution in [1.29, 1.82) is 0 Å². The molecule has 1 fully saturated rings. The highest BCUT2D eigenvalue weighted by molar-refractivity contribution is 5.84. The van der Waals surface area contributed by atoms with Gasteiger partial charge in [0.1, 0.15) is 5.52 Å². The Morgan fingerprint density at radius 3 is 2.95 bits per heavy atom. The van der Waals surface area contributed by atoms with Crippen molar-refractivity contribution >= 4 is 22.9 Å². The molecule has 114 valence electrons. The van der Waals surface area contributed by atoms with Gasteiger partial charge < -0.3 is 19.9 Å². The molecule has 1 saturated carbocycles. The van der Waals surface area contributed by atoms with E-state index in [-0.39, 0.29) is 0 Å². The fourth-order valence-corrected chi connectivity index (χ4v) is 2.66. The second-order valence-electron chi connectivity index (χ2n) is 5.49. The Balaban J connectivity index is 2.01. The lowest BCUT2D eigenvalue weighted by molar-refractivity contribution is 0.202. The van der Waals surface area contributed by atoms with Gasteiger partial charge in [-0.15, -0.1) is 0 Å². The van der Waals surface area contributed by atoms with Gasteiger partial charge in [-0.2, -0.15) is 9.97 Å². The number of aromatic nitrogens is 4. The number of hydrogen-bond donors (Lipinski definition) is 2. The van der Waals surface area contributed by atoms with Crippen LogP contribution in [0.25, 0.3) is 11.2 Å². The van der Waals surface area contributed by atoms with E-state index in [0.29, 0.717) is 24.2 Å². The van der Waals surface area contributed by atoms with Crippen molar-refractivity contribution in [2.75, 3.05) is 37.5 Å². The highest BCUT2D eigenvalue weighted by Gasteiger charge is 2.33. The molecule has 0 spiro atoms. The highest BCUT2D eigenvalue weighted by atomic mass is 16.5. The fourth-order valence-electron chi connectivity index (χ4n) is 2.66. The molecule has 0 radical (unpaired) electrons. The monoisotopic (exact) mass is 290 g/mol. The van der Waals surface area contributed by atoms with Crippen molar-refractivity contribution in [1.82, 2.24) is 19.9 Å². The van der Waals surface area contributed by atoms with Crippen LogP contribution in [0.3, 0.4) is 0 Å². The van der Waals surface area contributed by atoms with E-state index in [4.69, 9.17) is 4.74 Å². The maximum absolute atomic E-state index is 5.27. The summed E-state index contributed by atoms with van der Waals surface area (Å²) < 4.78 is 5.27. The van der Waals surface area contributed by atoms with E-state index in [1.807, 2.05) is 7.05 Å². The van der Waals surface area contributed by atoms with E-state index in [0.717, 1.165) is 23.8 Å². The molecule has 3 rings (SSSR count). The third kappa shape index (κ3) is 2.78. The minimum absolute atomic E-state index is 0.436. The molecule has 1 atom stereocenters. The van der Waals surface area contributed by atoms with Crippen molar-refractivity contribution < 1.29 is 4.74 Å².